The second-order valence-corrected chi connectivity index (χ2v) is 45.0. The van der Waals surface area contributed by atoms with Crippen molar-refractivity contribution < 1.29 is 17.4 Å². The van der Waals surface area contributed by atoms with Crippen molar-refractivity contribution in [3.05, 3.63) is 155 Å². The summed E-state index contributed by atoms with van der Waals surface area (Å²) in [5.41, 5.74) is 14.6. The Morgan fingerprint density at radius 3 is 1.53 bits per heavy atom. The molecule has 0 fully saturated rings. The summed E-state index contributed by atoms with van der Waals surface area (Å²) in [4.78, 5) is 0. The minimum atomic E-state index is -3.63. The number of halogens is 2. The molecule has 0 saturated carbocycles. The normalized spacial score (nSPS) is 17.0. The summed E-state index contributed by atoms with van der Waals surface area (Å²) >= 11 is -3.63. The van der Waals surface area contributed by atoms with E-state index in [0.29, 0.717) is 7.25 Å². The largest absolute Gasteiger partial charge is 0.147 e. The zero-order chi connectivity index (χ0) is 30.9. The molecule has 236 valence electrons. The topological polar surface area (TPSA) is 0 Å². The molecule has 2 aliphatic carbocycles. The zero-order valence-electron chi connectivity index (χ0n) is 27.6. The van der Waals surface area contributed by atoms with E-state index in [9.17, 15) is 0 Å². The average Bonchev–Trinajstić information content (AvgIpc) is 3.62. The first-order chi connectivity index (χ1) is 21.7. The molecule has 8 rings (SSSR count). The van der Waals surface area contributed by atoms with Crippen LogP contribution in [0.25, 0.3) is 56.0 Å². The molecule has 0 amide bonds. The van der Waals surface area contributed by atoms with Gasteiger partial charge in [-0.3, -0.25) is 0 Å². The van der Waals surface area contributed by atoms with Crippen molar-refractivity contribution in [3.8, 4) is 22.3 Å². The first-order valence-corrected chi connectivity index (χ1v) is 30.1. The summed E-state index contributed by atoms with van der Waals surface area (Å²) in [7, 11) is 0. The molecule has 2 atom stereocenters. The number of allylic oxidation sites excluding steroid dienone is 2. The second-order valence-electron chi connectivity index (χ2n) is 14.5. The van der Waals surface area contributed by atoms with Crippen molar-refractivity contribution in [2.45, 2.75) is 36.8 Å². The predicted molar refractivity (Wildman–Crippen MR) is 211 cm³/mol. The van der Waals surface area contributed by atoms with Gasteiger partial charge >= 0.3 is 272 Å². The van der Waals surface area contributed by atoms with Crippen molar-refractivity contribution in [3.63, 3.8) is 0 Å². The molecule has 0 heterocycles. The van der Waals surface area contributed by atoms with Gasteiger partial charge in [0.25, 0.3) is 0 Å². The molecule has 0 aromatic heterocycles. The van der Waals surface area contributed by atoms with Crippen molar-refractivity contribution in [2.75, 3.05) is 0 Å². The monoisotopic (exact) mass is 746 g/mol. The summed E-state index contributed by atoms with van der Waals surface area (Å²) in [5, 5.41) is 5.21. The van der Waals surface area contributed by atoms with Crippen LogP contribution in [0.5, 0.6) is 0 Å². The van der Waals surface area contributed by atoms with Crippen molar-refractivity contribution in [1.29, 1.82) is 0 Å². The first-order valence-electron chi connectivity index (χ1n) is 16.4. The van der Waals surface area contributed by atoms with Gasteiger partial charge in [-0.05, 0) is 0 Å². The Kier molecular flexibility index (Phi) is 8.99. The molecule has 0 saturated heterocycles. The number of hydrogen-bond donors (Lipinski definition) is 0. The maximum absolute atomic E-state index is 3.63. The van der Waals surface area contributed by atoms with Gasteiger partial charge in [0, 0.05) is 0 Å². The summed E-state index contributed by atoms with van der Waals surface area (Å²) < 4.78 is 6.54. The molecule has 0 aliphatic heterocycles. The molecule has 2 unspecified atom stereocenters. The Bertz CT molecular complexity index is 2320. The first kappa shape index (κ1) is 33.9. The van der Waals surface area contributed by atoms with E-state index in [1.165, 1.54) is 54.9 Å². The predicted octanol–water partition coefficient (Wildman–Crippen LogP) is 12.5. The molecule has 0 radical (unpaired) electrons. The molecule has 47 heavy (non-hydrogen) atoms. The van der Waals surface area contributed by atoms with Crippen LogP contribution in [0, 0.1) is 0 Å². The summed E-state index contributed by atoms with van der Waals surface area (Å²) in [5.74, 6) is 0. The van der Waals surface area contributed by atoms with Crippen LogP contribution in [-0.4, -0.2) is 6.88 Å². The Balaban J connectivity index is 0.00000193. The maximum atomic E-state index is 2.76. The fraction of sp³-hybridized carbons (Fsp3) is 0.163. The van der Waals surface area contributed by atoms with E-state index in [0.717, 1.165) is 6.42 Å². The van der Waals surface area contributed by atoms with Crippen LogP contribution in [-0.2, 0) is 17.4 Å². The third-order valence-electron chi connectivity index (χ3n) is 10.9. The van der Waals surface area contributed by atoms with Gasteiger partial charge in [0.2, 0.25) is 0 Å². The number of fused-ring (bicyclic) bond motifs is 4. The van der Waals surface area contributed by atoms with Crippen LogP contribution in [0.2, 0.25) is 9.26 Å². The molecule has 6 aromatic rings. The zero-order valence-corrected chi connectivity index (χ0v) is 33.1. The molecule has 2 aliphatic rings. The number of benzene rings is 6. The molecular formula is C43H42Cl2SiZr. The van der Waals surface area contributed by atoms with Crippen LogP contribution in [0.3, 0.4) is 0 Å². The van der Waals surface area contributed by atoms with Gasteiger partial charge < -0.3 is 0 Å². The Hall–Kier alpha value is -3.00. The minimum Gasteiger partial charge on any atom is -0.147 e. The second kappa shape index (κ2) is 12.5. The molecular weight excluding hydrogens is 707 g/mol. The van der Waals surface area contributed by atoms with Crippen LogP contribution in [0.15, 0.2) is 132 Å². The SMILES string of the molecule is CCC1=Cc2c(-c3ccc4ccccc4c3)cccc2[CH]1[Zr]([CH3])([CH3])(=[SiH2])[CH]1C(C)=Cc2c(-c3ccc4ccccc4c3)cccc21.Cl.Cl. The van der Waals surface area contributed by atoms with Gasteiger partial charge in [-0.1, -0.05) is 0 Å². The van der Waals surface area contributed by atoms with E-state index in [4.69, 9.17) is 0 Å². The van der Waals surface area contributed by atoms with Gasteiger partial charge in [0.15, 0.2) is 0 Å². The van der Waals surface area contributed by atoms with Crippen molar-refractivity contribution in [1.82, 2.24) is 0 Å². The Morgan fingerprint density at radius 1 is 0.553 bits per heavy atom. The fourth-order valence-electron chi connectivity index (χ4n) is 9.08. The van der Waals surface area contributed by atoms with E-state index in [-0.39, 0.29) is 24.8 Å². The van der Waals surface area contributed by atoms with Gasteiger partial charge in [0.1, 0.15) is 0 Å². The average molecular weight is 749 g/mol. The summed E-state index contributed by atoms with van der Waals surface area (Å²) in [6.45, 7) is 7.23. The van der Waals surface area contributed by atoms with E-state index in [2.05, 4.69) is 163 Å². The smallest absolute Gasteiger partial charge is 0.147 e. The van der Waals surface area contributed by atoms with Crippen molar-refractivity contribution >= 4 is 65.4 Å². The van der Waals surface area contributed by atoms with Crippen molar-refractivity contribution in [2.24, 2.45) is 0 Å². The molecule has 0 spiro atoms. The van der Waals surface area contributed by atoms with Gasteiger partial charge in [0.05, 0.1) is 0 Å². The van der Waals surface area contributed by atoms with Gasteiger partial charge in [-0.25, -0.2) is 0 Å². The van der Waals surface area contributed by atoms with Crippen LogP contribution in [0.1, 0.15) is 49.8 Å². The third-order valence-corrected chi connectivity index (χ3v) is 28.6. The fourth-order valence-corrected chi connectivity index (χ4v) is 29.8. The molecule has 0 bridgehead atoms. The van der Waals surface area contributed by atoms with E-state index in [1.54, 1.807) is 22.3 Å². The number of rotatable bonds is 5. The molecule has 0 nitrogen and oxygen atoms in total. The van der Waals surface area contributed by atoms with Gasteiger partial charge in [-0.2, -0.15) is 0 Å². The third kappa shape index (κ3) is 5.47. The van der Waals surface area contributed by atoms with Crippen LogP contribution in [0.4, 0.5) is 0 Å². The molecule has 4 heteroatoms. The van der Waals surface area contributed by atoms with E-state index >= 15 is 0 Å². The molecule has 6 aromatic carbocycles. The molecule has 0 N–H and O–H groups in total. The Labute approximate surface area is 294 Å². The van der Waals surface area contributed by atoms with E-state index in [1.807, 2.05) is 0 Å². The van der Waals surface area contributed by atoms with Crippen LogP contribution < -0.4 is 0 Å². The van der Waals surface area contributed by atoms with Crippen LogP contribution >= 0.6 is 24.8 Å². The maximum Gasteiger partial charge on any atom is -0.147 e. The summed E-state index contributed by atoms with van der Waals surface area (Å²) in [6, 6.07) is 45.6. The van der Waals surface area contributed by atoms with E-state index < -0.39 is 17.4 Å². The minimum absolute atomic E-state index is 0. The Morgan fingerprint density at radius 2 is 1.02 bits per heavy atom. The standard InChI is InChI=1S/C21H17.C20H15.2CH3.2ClH.H2Si.Zr/c1-2-15-12-18-8-5-9-20(21(18)13-15)19-11-10-16-6-3-4-7-17(16)14-19;1-14-11-17-7-4-8-19(20(17)12-14)18-10-9-15-5-2-3-6-16(15)13-18;;;;;;/h3-14H,2H2,1H3;2-13H,1H3;2*1H3;2*1H;1H2;. The van der Waals surface area contributed by atoms with Gasteiger partial charge in [-0.15, -0.1) is 24.8 Å². The summed E-state index contributed by atoms with van der Waals surface area (Å²) in [6.07, 6.45) is 6.22. The number of hydrogen-bond acceptors (Lipinski definition) is 0. The quantitative estimate of drug-likeness (QED) is 0.154.